The molecule has 0 saturated heterocycles. The Balaban J connectivity index is 0.000000178. The van der Waals surface area contributed by atoms with Gasteiger partial charge in [0.25, 0.3) is 11.6 Å². The lowest BCUT2D eigenvalue weighted by atomic mass is 10.1. The van der Waals surface area contributed by atoms with E-state index in [4.69, 9.17) is 10.6 Å². The zero-order valence-corrected chi connectivity index (χ0v) is 25.3. The maximum atomic E-state index is 10.9. The van der Waals surface area contributed by atoms with E-state index in [1.54, 1.807) is 16.8 Å². The molecule has 0 atom stereocenters. The molecule has 11 nitrogen and oxygen atoms in total. The standard InChI is InChI=1S/C17H19N4O.C16H12N2O4S/c1-13-19-20(14(2)21(13)18)12-15-8-10-17(11-9-15)22-16-6-4-3-5-7-16;19-16-10-9-15(13-3-1-2-4-14(13)16)18-17-11-5-7-12(8-6-11)23(20,21)22/h3-11H,12,18H2,1-2H3;1-10,19H,(H,20,21,22)/q+1;/p-1. The Labute approximate surface area is 260 Å². The molecule has 0 unspecified atom stereocenters. The van der Waals surface area contributed by atoms with Crippen LogP contribution >= 0.6 is 0 Å². The number of para-hydroxylation sites is 1. The fraction of sp³-hybridized carbons (Fsp3) is 0.0909. The zero-order chi connectivity index (χ0) is 32.0. The highest BCUT2D eigenvalue weighted by Gasteiger charge is 2.17. The van der Waals surface area contributed by atoms with Crippen molar-refractivity contribution in [1.29, 1.82) is 0 Å². The second-order valence-corrected chi connectivity index (χ2v) is 11.4. The van der Waals surface area contributed by atoms with Crippen molar-refractivity contribution in [2.75, 3.05) is 5.84 Å². The van der Waals surface area contributed by atoms with Crippen LogP contribution < -0.4 is 15.3 Å². The third-order valence-electron chi connectivity index (χ3n) is 6.85. The van der Waals surface area contributed by atoms with Crippen LogP contribution in [-0.2, 0) is 16.7 Å². The minimum Gasteiger partial charge on any atom is -0.744 e. The first-order chi connectivity index (χ1) is 21.6. The van der Waals surface area contributed by atoms with E-state index in [0.717, 1.165) is 34.1 Å². The molecule has 228 valence electrons. The predicted octanol–water partition coefficient (Wildman–Crippen LogP) is 6.21. The SMILES string of the molecule is Cc1nn(Cc2ccc(Oc3ccccc3)cc2)c(C)[n+]1N.O=S(=O)([O-])c1ccc(N=Nc2ccc(O)c3ccccc23)cc1. The highest BCUT2D eigenvalue weighted by atomic mass is 32.2. The molecule has 0 saturated carbocycles. The van der Waals surface area contributed by atoms with Gasteiger partial charge in [0.05, 0.1) is 16.3 Å². The summed E-state index contributed by atoms with van der Waals surface area (Å²) >= 11 is 0. The van der Waals surface area contributed by atoms with Gasteiger partial charge in [0.15, 0.2) is 0 Å². The number of azo groups is 1. The van der Waals surface area contributed by atoms with E-state index in [2.05, 4.69) is 15.3 Å². The summed E-state index contributed by atoms with van der Waals surface area (Å²) in [6, 6.07) is 33.3. The second kappa shape index (κ2) is 13.4. The smallest absolute Gasteiger partial charge is 0.295 e. The first-order valence-corrected chi connectivity index (χ1v) is 15.2. The lowest BCUT2D eigenvalue weighted by Crippen LogP contribution is -2.48. The Bertz CT molecular complexity index is 2060. The molecule has 12 heteroatoms. The number of hydrogen-bond donors (Lipinski definition) is 2. The van der Waals surface area contributed by atoms with E-state index >= 15 is 0 Å². The normalized spacial score (nSPS) is 11.4. The van der Waals surface area contributed by atoms with Gasteiger partial charge in [0, 0.05) is 29.7 Å². The van der Waals surface area contributed by atoms with Gasteiger partial charge in [0.2, 0.25) is 0 Å². The molecular weight excluding hydrogens is 592 g/mol. The lowest BCUT2D eigenvalue weighted by molar-refractivity contribution is -0.652. The third kappa shape index (κ3) is 7.68. The molecule has 5 aromatic carbocycles. The van der Waals surface area contributed by atoms with Crippen LogP contribution in [0, 0.1) is 13.8 Å². The molecule has 0 fully saturated rings. The monoisotopic (exact) mass is 622 g/mol. The minimum atomic E-state index is -4.47. The molecule has 6 rings (SSSR count). The molecule has 6 aromatic rings. The van der Waals surface area contributed by atoms with Crippen molar-refractivity contribution in [2.24, 2.45) is 10.2 Å². The van der Waals surface area contributed by atoms with E-state index in [0.29, 0.717) is 23.3 Å². The molecule has 1 aromatic heterocycles. The van der Waals surface area contributed by atoms with Crippen LogP contribution in [0.5, 0.6) is 17.2 Å². The van der Waals surface area contributed by atoms with Crippen LogP contribution in [0.1, 0.15) is 17.2 Å². The molecule has 0 aliphatic rings. The summed E-state index contributed by atoms with van der Waals surface area (Å²) in [6.45, 7) is 4.52. The van der Waals surface area contributed by atoms with Crippen molar-refractivity contribution in [3.8, 4) is 17.2 Å². The van der Waals surface area contributed by atoms with Crippen molar-refractivity contribution in [3.63, 3.8) is 0 Å². The molecule has 0 bridgehead atoms. The maximum absolute atomic E-state index is 10.9. The Kier molecular flexibility index (Phi) is 9.17. The van der Waals surface area contributed by atoms with E-state index in [-0.39, 0.29) is 10.6 Å². The number of phenols is 1. The van der Waals surface area contributed by atoms with Crippen LogP contribution in [0.3, 0.4) is 0 Å². The fourth-order valence-corrected chi connectivity index (χ4v) is 4.88. The molecule has 0 radical (unpaired) electrons. The number of fused-ring (bicyclic) bond motifs is 1. The molecule has 0 spiro atoms. The number of aryl methyl sites for hydroxylation is 1. The molecule has 45 heavy (non-hydrogen) atoms. The largest absolute Gasteiger partial charge is 0.744 e. The average molecular weight is 623 g/mol. The number of nitrogen functional groups attached to an aromatic ring is 1. The highest BCUT2D eigenvalue weighted by Crippen LogP contribution is 2.33. The van der Waals surface area contributed by atoms with Crippen LogP contribution in [0.25, 0.3) is 10.8 Å². The number of benzene rings is 5. The van der Waals surface area contributed by atoms with Gasteiger partial charge in [-0.15, -0.1) is 14.5 Å². The summed E-state index contributed by atoms with van der Waals surface area (Å²) in [7, 11) is -4.47. The third-order valence-corrected chi connectivity index (χ3v) is 7.70. The number of nitrogens with zero attached hydrogens (tertiary/aromatic N) is 5. The average Bonchev–Trinajstić information content (AvgIpc) is 3.28. The number of ether oxygens (including phenoxy) is 1. The molecular formula is C33H30N6O5S. The second-order valence-electron chi connectivity index (χ2n) is 9.98. The Morgan fingerprint density at radius 2 is 1.44 bits per heavy atom. The summed E-state index contributed by atoms with van der Waals surface area (Å²) in [6.07, 6.45) is 0. The van der Waals surface area contributed by atoms with Gasteiger partial charge in [-0.2, -0.15) is 5.11 Å². The number of aromatic nitrogens is 3. The van der Waals surface area contributed by atoms with Gasteiger partial charge in [-0.3, -0.25) is 5.84 Å². The van der Waals surface area contributed by atoms with Crippen molar-refractivity contribution >= 4 is 32.3 Å². The topological polar surface area (TPSA) is 159 Å². The summed E-state index contributed by atoms with van der Waals surface area (Å²) in [5.41, 5.74) is 2.13. The molecule has 1 heterocycles. The Morgan fingerprint density at radius 1 is 0.822 bits per heavy atom. The van der Waals surface area contributed by atoms with Crippen molar-refractivity contribution in [3.05, 3.63) is 132 Å². The van der Waals surface area contributed by atoms with Gasteiger partial charge in [-0.25, -0.2) is 8.42 Å². The maximum Gasteiger partial charge on any atom is 0.295 e. The van der Waals surface area contributed by atoms with Gasteiger partial charge < -0.3 is 14.4 Å². The van der Waals surface area contributed by atoms with E-state index in [1.165, 1.54) is 30.3 Å². The van der Waals surface area contributed by atoms with E-state index < -0.39 is 10.1 Å². The number of aromatic hydroxyl groups is 1. The van der Waals surface area contributed by atoms with Gasteiger partial charge in [-0.1, -0.05) is 54.6 Å². The summed E-state index contributed by atoms with van der Waals surface area (Å²) in [4.78, 5) is -0.313. The van der Waals surface area contributed by atoms with Gasteiger partial charge in [-0.05, 0) is 66.2 Å². The summed E-state index contributed by atoms with van der Waals surface area (Å²) < 4.78 is 41.9. The van der Waals surface area contributed by atoms with Crippen molar-refractivity contribution in [2.45, 2.75) is 25.3 Å². The molecule has 0 aliphatic heterocycles. The predicted molar refractivity (Wildman–Crippen MR) is 168 cm³/mol. The van der Waals surface area contributed by atoms with Gasteiger partial charge in [0.1, 0.15) is 33.9 Å². The minimum absolute atomic E-state index is 0.157. The number of rotatable bonds is 7. The number of hydrogen-bond acceptors (Lipinski definition) is 9. The summed E-state index contributed by atoms with van der Waals surface area (Å²) in [5.74, 6) is 9.40. The van der Waals surface area contributed by atoms with Crippen molar-refractivity contribution in [1.82, 2.24) is 9.78 Å². The number of nitrogens with two attached hydrogens (primary N) is 1. The lowest BCUT2D eigenvalue weighted by Gasteiger charge is -2.06. The fourth-order valence-electron chi connectivity index (χ4n) is 4.41. The molecule has 0 aliphatic carbocycles. The first kappa shape index (κ1) is 30.9. The van der Waals surface area contributed by atoms with E-state index in [9.17, 15) is 18.1 Å². The highest BCUT2D eigenvalue weighted by molar-refractivity contribution is 7.85. The van der Waals surface area contributed by atoms with Crippen LogP contribution in [0.4, 0.5) is 11.4 Å². The van der Waals surface area contributed by atoms with Crippen LogP contribution in [0.2, 0.25) is 0 Å². The quantitative estimate of drug-likeness (QED) is 0.0927. The summed E-state index contributed by atoms with van der Waals surface area (Å²) in [5, 5.41) is 23.8. The number of phenolic OH excluding ortho intramolecular Hbond substituents is 1. The van der Waals surface area contributed by atoms with Crippen molar-refractivity contribution < 1.29 is 27.5 Å². The zero-order valence-electron chi connectivity index (χ0n) is 24.5. The Morgan fingerprint density at radius 3 is 2.07 bits per heavy atom. The molecule has 0 amide bonds. The van der Waals surface area contributed by atoms with Crippen LogP contribution in [-0.4, -0.2) is 27.9 Å². The van der Waals surface area contributed by atoms with Crippen LogP contribution in [0.15, 0.2) is 130 Å². The Hall–Kier alpha value is -5.59. The van der Waals surface area contributed by atoms with Gasteiger partial charge >= 0.3 is 0 Å². The molecule has 3 N–H and O–H groups in total. The first-order valence-electron chi connectivity index (χ1n) is 13.8. The van der Waals surface area contributed by atoms with E-state index in [1.807, 2.05) is 91.3 Å².